The number of rotatable bonds is 19. The minimum Gasteiger partial charge on any atom is -0.386 e. The van der Waals surface area contributed by atoms with Gasteiger partial charge in [-0.2, -0.15) is 0 Å². The van der Waals surface area contributed by atoms with Gasteiger partial charge in [-0.05, 0) is 12.8 Å². The predicted octanol–water partition coefficient (Wildman–Crippen LogP) is 1.04. The Morgan fingerprint density at radius 2 is 1.16 bits per heavy atom. The first-order chi connectivity index (χ1) is 14.6. The second kappa shape index (κ2) is 15.5. The zero-order valence-corrected chi connectivity index (χ0v) is 17.6. The van der Waals surface area contributed by atoms with Gasteiger partial charge in [0.15, 0.2) is 6.29 Å². The van der Waals surface area contributed by atoms with Crippen LogP contribution in [-0.4, -0.2) is 72.8 Å². The van der Waals surface area contributed by atoms with E-state index in [0.29, 0.717) is 25.7 Å². The lowest BCUT2D eigenvalue weighted by Crippen LogP contribution is -2.46. The highest BCUT2D eigenvalue weighted by molar-refractivity contribution is 5.50. The number of aliphatic hydroxyl groups excluding tert-OH is 3. The van der Waals surface area contributed by atoms with Crippen LogP contribution in [0.1, 0.15) is 71.1 Å². The van der Waals surface area contributed by atoms with E-state index in [0.717, 1.165) is 12.8 Å². The predicted molar refractivity (Wildman–Crippen MR) is 108 cm³/mol. The second-order valence-electron chi connectivity index (χ2n) is 7.59. The molecule has 0 aromatic carbocycles. The van der Waals surface area contributed by atoms with Crippen molar-refractivity contribution in [2.24, 2.45) is 0 Å². The van der Waals surface area contributed by atoms with E-state index < -0.39 is 64.0 Å². The van der Waals surface area contributed by atoms with Gasteiger partial charge in [0.2, 0.25) is 18.1 Å². The molecular formula is C18H32N3O10. The maximum atomic E-state index is 11.4. The molecule has 179 valence electrons. The fourth-order valence-corrected chi connectivity index (χ4v) is 3.41. The maximum Gasteiger partial charge on any atom is 0.245 e. The van der Waals surface area contributed by atoms with Crippen LogP contribution < -0.4 is 0 Å². The van der Waals surface area contributed by atoms with Crippen molar-refractivity contribution in [2.45, 2.75) is 108 Å². The van der Waals surface area contributed by atoms with E-state index in [4.69, 9.17) is 0 Å². The van der Waals surface area contributed by atoms with E-state index in [9.17, 15) is 50.5 Å². The average molecular weight is 450 g/mol. The molecule has 0 aliphatic heterocycles. The number of carbonyl (C=O) groups excluding carboxylic acids is 1. The molecule has 0 saturated carbocycles. The third kappa shape index (κ3) is 11.1. The Balaban J connectivity index is 4.90. The first kappa shape index (κ1) is 28.8. The SMILES string of the molecule is CCC(C(O)CC(O)C(CC(C(O)CCCCCCC[C]=O)[N+](=O)[O-])[N+](=O)[O-])[N+](=O)[O-]. The van der Waals surface area contributed by atoms with Crippen LogP contribution in [0.3, 0.4) is 0 Å². The number of aliphatic hydroxyl groups is 3. The van der Waals surface area contributed by atoms with Gasteiger partial charge in [-0.3, -0.25) is 35.1 Å². The van der Waals surface area contributed by atoms with Crippen LogP contribution in [0.4, 0.5) is 0 Å². The van der Waals surface area contributed by atoms with Crippen LogP contribution >= 0.6 is 0 Å². The lowest BCUT2D eigenvalue weighted by molar-refractivity contribution is -0.574. The summed E-state index contributed by atoms with van der Waals surface area (Å²) in [6.45, 7) is 1.44. The Labute approximate surface area is 179 Å². The molecule has 1 radical (unpaired) electrons. The van der Waals surface area contributed by atoms with Gasteiger partial charge in [-0.15, -0.1) is 0 Å². The van der Waals surface area contributed by atoms with Crippen LogP contribution in [-0.2, 0) is 4.79 Å². The summed E-state index contributed by atoms with van der Waals surface area (Å²) in [5, 5.41) is 63.9. The van der Waals surface area contributed by atoms with Crippen molar-refractivity contribution in [1.29, 1.82) is 0 Å². The minimum atomic E-state index is -1.87. The summed E-state index contributed by atoms with van der Waals surface area (Å²) in [5.41, 5.74) is 0. The Morgan fingerprint density at radius 3 is 1.65 bits per heavy atom. The van der Waals surface area contributed by atoms with Crippen molar-refractivity contribution >= 4 is 6.29 Å². The molecular weight excluding hydrogens is 418 g/mol. The molecule has 3 N–H and O–H groups in total. The number of nitro groups is 3. The second-order valence-corrected chi connectivity index (χ2v) is 7.59. The van der Waals surface area contributed by atoms with Crippen molar-refractivity contribution in [3.63, 3.8) is 0 Å². The molecule has 13 nitrogen and oxygen atoms in total. The van der Waals surface area contributed by atoms with Crippen molar-refractivity contribution in [2.75, 3.05) is 0 Å². The molecule has 6 unspecified atom stereocenters. The Morgan fingerprint density at radius 1 is 0.710 bits per heavy atom. The summed E-state index contributed by atoms with van der Waals surface area (Å²) in [6.07, 6.45) is -1.03. The lowest BCUT2D eigenvalue weighted by Gasteiger charge is -2.23. The highest BCUT2D eigenvalue weighted by Crippen LogP contribution is 2.20. The molecule has 0 rings (SSSR count). The molecule has 0 saturated heterocycles. The van der Waals surface area contributed by atoms with E-state index in [1.54, 1.807) is 6.29 Å². The van der Waals surface area contributed by atoms with Crippen LogP contribution in [0.25, 0.3) is 0 Å². The standard InChI is InChI=1S/C18H32N3O10/c1-2-13(19(26)27)17(24)12-18(25)15(21(30)31)11-14(20(28)29)16(23)9-7-5-3-4-6-8-10-22/h13-18,23-25H,2-9,11-12H2,1H3. The van der Waals surface area contributed by atoms with Gasteiger partial charge in [0.1, 0.15) is 18.3 Å². The highest BCUT2D eigenvalue weighted by Gasteiger charge is 2.43. The minimum absolute atomic E-state index is 0.0356. The summed E-state index contributed by atoms with van der Waals surface area (Å²) in [6, 6.07) is -5.00. The van der Waals surface area contributed by atoms with E-state index in [1.807, 2.05) is 0 Å². The molecule has 0 aliphatic rings. The maximum absolute atomic E-state index is 11.4. The number of hydrogen-bond acceptors (Lipinski definition) is 10. The van der Waals surface area contributed by atoms with Crippen LogP contribution in [0.15, 0.2) is 0 Å². The van der Waals surface area contributed by atoms with Crippen LogP contribution in [0.5, 0.6) is 0 Å². The molecule has 0 aromatic heterocycles. The molecule has 0 fully saturated rings. The highest BCUT2D eigenvalue weighted by atomic mass is 16.6. The van der Waals surface area contributed by atoms with Gasteiger partial charge in [0.25, 0.3) is 0 Å². The van der Waals surface area contributed by atoms with Gasteiger partial charge >= 0.3 is 0 Å². The number of unbranched alkanes of at least 4 members (excludes halogenated alkanes) is 5. The summed E-state index contributed by atoms with van der Waals surface area (Å²) in [7, 11) is 0. The third-order valence-electron chi connectivity index (χ3n) is 5.31. The van der Waals surface area contributed by atoms with Crippen molar-refractivity contribution in [3.05, 3.63) is 30.3 Å². The summed E-state index contributed by atoms with van der Waals surface area (Å²) in [5.74, 6) is 0. The monoisotopic (exact) mass is 450 g/mol. The van der Waals surface area contributed by atoms with Crippen molar-refractivity contribution in [3.8, 4) is 0 Å². The fraction of sp³-hybridized carbons (Fsp3) is 0.944. The van der Waals surface area contributed by atoms with Gasteiger partial charge in [-0.25, -0.2) is 0 Å². The summed E-state index contributed by atoms with van der Waals surface area (Å²) >= 11 is 0. The quantitative estimate of drug-likeness (QED) is 0.145. The summed E-state index contributed by atoms with van der Waals surface area (Å²) < 4.78 is 0. The molecule has 0 heterocycles. The topological polar surface area (TPSA) is 207 Å². The molecule has 13 heteroatoms. The van der Waals surface area contributed by atoms with Crippen LogP contribution in [0, 0.1) is 30.3 Å². The van der Waals surface area contributed by atoms with E-state index >= 15 is 0 Å². The van der Waals surface area contributed by atoms with Crippen molar-refractivity contribution < 1.29 is 34.9 Å². The fourth-order valence-electron chi connectivity index (χ4n) is 3.41. The van der Waals surface area contributed by atoms with E-state index in [1.165, 1.54) is 6.92 Å². The lowest BCUT2D eigenvalue weighted by atomic mass is 9.92. The Bertz CT molecular complexity index is 577. The van der Waals surface area contributed by atoms with Crippen molar-refractivity contribution in [1.82, 2.24) is 0 Å². The molecule has 0 aromatic rings. The molecule has 0 aliphatic carbocycles. The number of hydrogen-bond donors (Lipinski definition) is 3. The Kier molecular flexibility index (Phi) is 14.4. The van der Waals surface area contributed by atoms with Gasteiger partial charge < -0.3 is 15.3 Å². The zero-order valence-electron chi connectivity index (χ0n) is 17.6. The molecule has 6 atom stereocenters. The van der Waals surface area contributed by atoms with Gasteiger partial charge in [-0.1, -0.05) is 32.6 Å². The van der Waals surface area contributed by atoms with Gasteiger partial charge in [0.05, 0.1) is 6.42 Å². The largest absolute Gasteiger partial charge is 0.386 e. The van der Waals surface area contributed by atoms with Gasteiger partial charge in [0, 0.05) is 34.0 Å². The normalized spacial score (nSPS) is 17.2. The summed E-state index contributed by atoms with van der Waals surface area (Å²) in [4.78, 5) is 41.2. The molecule has 0 amide bonds. The molecule has 31 heavy (non-hydrogen) atoms. The van der Waals surface area contributed by atoms with E-state index in [2.05, 4.69) is 0 Å². The first-order valence-corrected chi connectivity index (χ1v) is 10.4. The molecule has 0 spiro atoms. The smallest absolute Gasteiger partial charge is 0.245 e. The average Bonchev–Trinajstić information content (AvgIpc) is 2.67. The van der Waals surface area contributed by atoms with E-state index in [-0.39, 0.29) is 12.8 Å². The molecule has 0 bridgehead atoms. The zero-order chi connectivity index (χ0) is 24.0. The van der Waals surface area contributed by atoms with Crippen LogP contribution in [0.2, 0.25) is 0 Å². The first-order valence-electron chi connectivity index (χ1n) is 10.4. The number of nitrogens with zero attached hydrogens (tertiary/aromatic N) is 3. The Hall–Kier alpha value is -2.25. The third-order valence-corrected chi connectivity index (χ3v) is 5.31.